The Bertz CT molecular complexity index is 279. The van der Waals surface area contributed by atoms with E-state index in [0.717, 1.165) is 0 Å². The summed E-state index contributed by atoms with van der Waals surface area (Å²) in [5.74, 6) is -0.925. The molecule has 1 fully saturated rings. The summed E-state index contributed by atoms with van der Waals surface area (Å²) in [7, 11) is -1.12. The number of rotatable bonds is 4. The third kappa shape index (κ3) is 2.46. The van der Waals surface area contributed by atoms with Gasteiger partial charge in [0, 0.05) is 17.1 Å². The van der Waals surface area contributed by atoms with Gasteiger partial charge in [0.2, 0.25) is 0 Å². The summed E-state index contributed by atoms with van der Waals surface area (Å²) in [4.78, 5) is 11.9. The molecule has 0 aromatic rings. The lowest BCUT2D eigenvalue weighted by Crippen LogP contribution is -2.49. The highest BCUT2D eigenvalue weighted by Gasteiger charge is 2.50. The molecule has 0 bridgehead atoms. The van der Waals surface area contributed by atoms with Crippen molar-refractivity contribution in [3.63, 3.8) is 0 Å². The average Bonchev–Trinajstić information content (AvgIpc) is 2.52. The highest BCUT2D eigenvalue weighted by Crippen LogP contribution is 2.38. The molecule has 88 valence electrons. The fourth-order valence-electron chi connectivity index (χ4n) is 1.49. The Balaban J connectivity index is 2.80. The summed E-state index contributed by atoms with van der Waals surface area (Å²) < 4.78 is 22.0. The van der Waals surface area contributed by atoms with Gasteiger partial charge in [0.05, 0.1) is 24.4 Å². The van der Waals surface area contributed by atoms with Crippen LogP contribution in [0.5, 0.6) is 0 Å². The van der Waals surface area contributed by atoms with E-state index in [-0.39, 0.29) is 11.5 Å². The topological polar surface area (TPSA) is 52.6 Å². The van der Waals surface area contributed by atoms with Crippen LogP contribution in [0.1, 0.15) is 20.8 Å². The minimum Gasteiger partial charge on any atom is -0.347 e. The van der Waals surface area contributed by atoms with E-state index < -0.39 is 22.0 Å². The van der Waals surface area contributed by atoms with E-state index in [2.05, 4.69) is 0 Å². The molecule has 1 aliphatic rings. The Morgan fingerprint density at radius 3 is 2.27 bits per heavy atom. The molecule has 0 amide bonds. The summed E-state index contributed by atoms with van der Waals surface area (Å²) in [5, 5.41) is 0. The smallest absolute Gasteiger partial charge is 0.177 e. The molecular formula is C10H18O4S. The fraction of sp³-hybridized carbons (Fsp3) is 0.900. The van der Waals surface area contributed by atoms with E-state index >= 15 is 0 Å². The quantitative estimate of drug-likeness (QED) is 0.719. The van der Waals surface area contributed by atoms with Crippen molar-refractivity contribution in [2.24, 2.45) is 5.41 Å². The van der Waals surface area contributed by atoms with Crippen molar-refractivity contribution in [3.8, 4) is 0 Å². The first-order valence-electron chi connectivity index (χ1n) is 4.91. The van der Waals surface area contributed by atoms with E-state index in [1.807, 2.05) is 0 Å². The number of ketones is 1. The molecule has 0 unspecified atom stereocenters. The standard InChI is InChI=1S/C10H18O4S/c1-9(2,8(11)7-15(4)12)10(3)13-5-6-14-10/h5-7H2,1-4H3/t15-/m1/s1. The molecular weight excluding hydrogens is 216 g/mol. The molecule has 5 heteroatoms. The highest BCUT2D eigenvalue weighted by molar-refractivity contribution is 7.85. The second-order valence-corrected chi connectivity index (χ2v) is 5.84. The number of carbonyl (C=O) groups excluding carboxylic acids is 1. The van der Waals surface area contributed by atoms with Crippen LogP contribution in [0.4, 0.5) is 0 Å². The van der Waals surface area contributed by atoms with Crippen molar-refractivity contribution < 1.29 is 18.5 Å². The van der Waals surface area contributed by atoms with Crippen molar-refractivity contribution in [1.29, 1.82) is 0 Å². The molecule has 0 aromatic carbocycles. The van der Waals surface area contributed by atoms with Gasteiger partial charge in [-0.05, 0) is 20.8 Å². The molecule has 1 heterocycles. The Morgan fingerprint density at radius 2 is 1.87 bits per heavy atom. The first kappa shape index (κ1) is 12.8. The van der Waals surface area contributed by atoms with E-state index in [9.17, 15) is 9.00 Å². The van der Waals surface area contributed by atoms with Crippen LogP contribution in [0.3, 0.4) is 0 Å². The monoisotopic (exact) mass is 234 g/mol. The van der Waals surface area contributed by atoms with Crippen LogP contribution < -0.4 is 0 Å². The van der Waals surface area contributed by atoms with Crippen LogP contribution in [0.25, 0.3) is 0 Å². The Hall–Kier alpha value is -0.260. The maximum absolute atomic E-state index is 11.9. The second-order valence-electron chi connectivity index (χ2n) is 4.41. The van der Waals surface area contributed by atoms with Gasteiger partial charge in [-0.1, -0.05) is 0 Å². The summed E-state index contributed by atoms with van der Waals surface area (Å²) in [6.07, 6.45) is 1.52. The molecule has 1 atom stereocenters. The molecule has 0 aromatic heterocycles. The normalized spacial score (nSPS) is 22.7. The van der Waals surface area contributed by atoms with E-state index in [4.69, 9.17) is 9.47 Å². The van der Waals surface area contributed by atoms with Crippen LogP contribution in [0.2, 0.25) is 0 Å². The number of ether oxygens (including phenoxy) is 2. The maximum atomic E-state index is 11.9. The molecule has 0 N–H and O–H groups in total. The van der Waals surface area contributed by atoms with Gasteiger partial charge in [-0.2, -0.15) is 0 Å². The third-order valence-electron chi connectivity index (χ3n) is 3.01. The zero-order chi connectivity index (χ0) is 11.7. The second kappa shape index (κ2) is 4.31. The van der Waals surface area contributed by atoms with Gasteiger partial charge >= 0.3 is 0 Å². The van der Waals surface area contributed by atoms with Crippen LogP contribution in [0.15, 0.2) is 0 Å². The van der Waals surface area contributed by atoms with Gasteiger partial charge in [-0.15, -0.1) is 0 Å². The van der Waals surface area contributed by atoms with Crippen LogP contribution >= 0.6 is 0 Å². The predicted molar refractivity (Wildman–Crippen MR) is 58.0 cm³/mol. The zero-order valence-electron chi connectivity index (χ0n) is 9.66. The first-order chi connectivity index (χ1) is 6.79. The minimum atomic E-state index is -1.12. The molecule has 1 rings (SSSR count). The van der Waals surface area contributed by atoms with Crippen LogP contribution in [-0.4, -0.2) is 41.0 Å². The van der Waals surface area contributed by atoms with Gasteiger partial charge < -0.3 is 9.47 Å². The lowest BCUT2D eigenvalue weighted by atomic mass is 9.80. The average molecular weight is 234 g/mol. The lowest BCUT2D eigenvalue weighted by Gasteiger charge is -2.37. The van der Waals surface area contributed by atoms with Crippen LogP contribution in [-0.2, 0) is 25.1 Å². The number of hydrogen-bond donors (Lipinski definition) is 0. The molecule has 15 heavy (non-hydrogen) atoms. The van der Waals surface area contributed by atoms with Gasteiger partial charge in [0.15, 0.2) is 11.6 Å². The zero-order valence-corrected chi connectivity index (χ0v) is 10.5. The molecule has 0 radical (unpaired) electrons. The summed E-state index contributed by atoms with van der Waals surface area (Å²) in [6, 6.07) is 0. The van der Waals surface area contributed by atoms with Gasteiger partial charge in [0.25, 0.3) is 0 Å². The van der Waals surface area contributed by atoms with Crippen molar-refractivity contribution in [3.05, 3.63) is 0 Å². The fourth-order valence-corrected chi connectivity index (χ4v) is 2.22. The Morgan fingerprint density at radius 1 is 1.40 bits per heavy atom. The van der Waals surface area contributed by atoms with Gasteiger partial charge in [-0.3, -0.25) is 9.00 Å². The van der Waals surface area contributed by atoms with Gasteiger partial charge in [0.1, 0.15) is 0 Å². The molecule has 0 spiro atoms. The van der Waals surface area contributed by atoms with Gasteiger partial charge in [-0.25, -0.2) is 0 Å². The van der Waals surface area contributed by atoms with Crippen molar-refractivity contribution in [2.45, 2.75) is 26.6 Å². The Labute approximate surface area is 92.8 Å². The largest absolute Gasteiger partial charge is 0.347 e. The number of Topliss-reactive ketones (excluding diaryl/α,β-unsaturated/α-hetero) is 1. The minimum absolute atomic E-state index is 0.0509. The molecule has 0 aliphatic carbocycles. The molecule has 0 saturated carbocycles. The van der Waals surface area contributed by atoms with E-state index in [1.54, 1.807) is 20.8 Å². The van der Waals surface area contributed by atoms with E-state index in [1.165, 1.54) is 6.26 Å². The number of hydrogen-bond acceptors (Lipinski definition) is 4. The molecule has 1 aliphatic heterocycles. The number of carbonyl (C=O) groups is 1. The third-order valence-corrected chi connectivity index (χ3v) is 3.67. The summed E-state index contributed by atoms with van der Waals surface area (Å²) >= 11 is 0. The highest BCUT2D eigenvalue weighted by atomic mass is 32.2. The van der Waals surface area contributed by atoms with E-state index in [0.29, 0.717) is 13.2 Å². The predicted octanol–water partition coefficient (Wildman–Crippen LogP) is 0.723. The Kier molecular flexibility index (Phi) is 3.68. The SMILES string of the molecule is C[S@@](=O)CC(=O)C(C)(C)C1(C)OCCO1. The summed E-state index contributed by atoms with van der Waals surface area (Å²) in [5.41, 5.74) is -0.769. The molecule has 1 saturated heterocycles. The first-order valence-corrected chi connectivity index (χ1v) is 6.63. The maximum Gasteiger partial charge on any atom is 0.177 e. The van der Waals surface area contributed by atoms with Crippen molar-refractivity contribution in [2.75, 3.05) is 25.2 Å². The van der Waals surface area contributed by atoms with Crippen molar-refractivity contribution in [1.82, 2.24) is 0 Å². The summed E-state index contributed by atoms with van der Waals surface area (Å²) in [6.45, 7) is 6.31. The molecule has 4 nitrogen and oxygen atoms in total. The van der Waals surface area contributed by atoms with Crippen LogP contribution in [0, 0.1) is 5.41 Å². The van der Waals surface area contributed by atoms with Crippen molar-refractivity contribution >= 4 is 16.6 Å². The lowest BCUT2D eigenvalue weighted by molar-refractivity contribution is -0.211.